The van der Waals surface area contributed by atoms with Crippen molar-refractivity contribution in [2.45, 2.75) is 32.3 Å². The van der Waals surface area contributed by atoms with Gasteiger partial charge in [-0.3, -0.25) is 4.79 Å². The second-order valence-corrected chi connectivity index (χ2v) is 4.95. The zero-order valence-corrected chi connectivity index (χ0v) is 8.48. The first kappa shape index (κ1) is 8.51. The first-order valence-electron chi connectivity index (χ1n) is 5.61. The topological polar surface area (TPSA) is 26.3 Å². The number of fused-ring (bicyclic) bond motifs is 5. The van der Waals surface area contributed by atoms with Crippen LogP contribution in [0, 0.1) is 23.7 Å². The van der Waals surface area contributed by atoms with Gasteiger partial charge in [-0.25, -0.2) is 0 Å². The zero-order valence-electron chi connectivity index (χ0n) is 8.48. The standard InChI is InChI=1S/C12H16O2/c1-7(13)14-11-5-4-10-8-2-3-9(6-8)12(10)11/h4-5,8-12H,2-3,6H2,1H3/t8-,9+,10-,11-,12+/m0/s1. The molecule has 2 heteroatoms. The Bertz CT molecular complexity index is 295. The average Bonchev–Trinajstić information content (AvgIpc) is 2.74. The highest BCUT2D eigenvalue weighted by Crippen LogP contribution is 2.56. The van der Waals surface area contributed by atoms with Crippen LogP contribution < -0.4 is 0 Å². The van der Waals surface area contributed by atoms with E-state index in [2.05, 4.69) is 12.2 Å². The molecule has 3 rings (SSSR count). The lowest BCUT2D eigenvalue weighted by atomic mass is 9.80. The molecule has 2 fully saturated rings. The molecule has 0 aromatic rings. The van der Waals surface area contributed by atoms with Gasteiger partial charge >= 0.3 is 5.97 Å². The number of carbonyl (C=O) groups excluding carboxylic acids is 1. The molecule has 2 nitrogen and oxygen atoms in total. The van der Waals surface area contributed by atoms with Crippen LogP contribution in [0.5, 0.6) is 0 Å². The van der Waals surface area contributed by atoms with E-state index in [-0.39, 0.29) is 12.1 Å². The third-order valence-electron chi connectivity index (χ3n) is 4.25. The molecule has 2 saturated carbocycles. The molecule has 0 aromatic carbocycles. The summed E-state index contributed by atoms with van der Waals surface area (Å²) in [5.41, 5.74) is 0. The van der Waals surface area contributed by atoms with Crippen molar-refractivity contribution in [2.75, 3.05) is 0 Å². The molecule has 2 bridgehead atoms. The fraction of sp³-hybridized carbons (Fsp3) is 0.750. The predicted molar refractivity (Wildman–Crippen MR) is 52.5 cm³/mol. The normalized spacial score (nSPS) is 48.2. The van der Waals surface area contributed by atoms with Crippen molar-refractivity contribution in [1.29, 1.82) is 0 Å². The van der Waals surface area contributed by atoms with E-state index in [1.807, 2.05) is 0 Å². The fourth-order valence-electron chi connectivity index (χ4n) is 3.83. The molecule has 0 amide bonds. The van der Waals surface area contributed by atoms with Gasteiger partial charge in [0.05, 0.1) is 0 Å². The number of carbonyl (C=O) groups is 1. The number of rotatable bonds is 1. The zero-order chi connectivity index (χ0) is 9.71. The van der Waals surface area contributed by atoms with E-state index in [1.54, 1.807) is 0 Å². The second kappa shape index (κ2) is 2.85. The summed E-state index contributed by atoms with van der Waals surface area (Å²) < 4.78 is 5.35. The maximum atomic E-state index is 10.9. The molecule has 0 spiro atoms. The van der Waals surface area contributed by atoms with Gasteiger partial charge in [-0.1, -0.05) is 6.08 Å². The first-order chi connectivity index (χ1) is 6.75. The number of ether oxygens (including phenoxy) is 1. The molecule has 3 aliphatic rings. The third kappa shape index (κ3) is 1.06. The summed E-state index contributed by atoms with van der Waals surface area (Å²) in [6, 6.07) is 0. The smallest absolute Gasteiger partial charge is 0.303 e. The van der Waals surface area contributed by atoms with Crippen LogP contribution in [0.25, 0.3) is 0 Å². The summed E-state index contributed by atoms with van der Waals surface area (Å²) >= 11 is 0. The van der Waals surface area contributed by atoms with E-state index >= 15 is 0 Å². The Morgan fingerprint density at radius 1 is 1.29 bits per heavy atom. The Labute approximate surface area is 84.3 Å². The molecular formula is C12H16O2. The highest BCUT2D eigenvalue weighted by atomic mass is 16.5. The van der Waals surface area contributed by atoms with Crippen molar-refractivity contribution in [2.24, 2.45) is 23.7 Å². The highest BCUT2D eigenvalue weighted by Gasteiger charge is 2.52. The number of allylic oxidation sites excluding steroid dienone is 1. The van der Waals surface area contributed by atoms with Crippen molar-refractivity contribution in [3.8, 4) is 0 Å². The molecule has 3 aliphatic carbocycles. The SMILES string of the molecule is CC(=O)O[C@H]1C=C[C@H]2[C@H]3CC[C@H](C3)[C@H]21. The number of hydrogen-bond donors (Lipinski definition) is 0. The summed E-state index contributed by atoms with van der Waals surface area (Å²) in [6.07, 6.45) is 8.61. The maximum absolute atomic E-state index is 10.9. The van der Waals surface area contributed by atoms with E-state index in [0.717, 1.165) is 17.8 Å². The largest absolute Gasteiger partial charge is 0.458 e. The maximum Gasteiger partial charge on any atom is 0.303 e. The summed E-state index contributed by atoms with van der Waals surface area (Å²) in [7, 11) is 0. The lowest BCUT2D eigenvalue weighted by Crippen LogP contribution is -2.29. The molecule has 0 aliphatic heterocycles. The summed E-state index contributed by atoms with van der Waals surface area (Å²) in [6.45, 7) is 1.51. The van der Waals surface area contributed by atoms with Crippen molar-refractivity contribution >= 4 is 5.97 Å². The Balaban J connectivity index is 1.79. The van der Waals surface area contributed by atoms with E-state index in [1.165, 1.54) is 26.2 Å². The van der Waals surface area contributed by atoms with Gasteiger partial charge in [0.25, 0.3) is 0 Å². The molecule has 5 atom stereocenters. The van der Waals surface area contributed by atoms with Gasteiger partial charge in [-0.2, -0.15) is 0 Å². The lowest BCUT2D eigenvalue weighted by Gasteiger charge is -2.28. The van der Waals surface area contributed by atoms with Crippen molar-refractivity contribution < 1.29 is 9.53 Å². The van der Waals surface area contributed by atoms with Gasteiger partial charge in [0.1, 0.15) is 6.10 Å². The van der Waals surface area contributed by atoms with Gasteiger partial charge in [-0.15, -0.1) is 0 Å². The van der Waals surface area contributed by atoms with Gasteiger partial charge < -0.3 is 4.74 Å². The van der Waals surface area contributed by atoms with Crippen LogP contribution in [0.1, 0.15) is 26.2 Å². The van der Waals surface area contributed by atoms with E-state index in [9.17, 15) is 4.79 Å². The molecular weight excluding hydrogens is 176 g/mol. The van der Waals surface area contributed by atoms with Crippen molar-refractivity contribution in [1.82, 2.24) is 0 Å². The quantitative estimate of drug-likeness (QED) is 0.470. The van der Waals surface area contributed by atoms with Gasteiger partial charge in [0.2, 0.25) is 0 Å². The van der Waals surface area contributed by atoms with E-state index in [0.29, 0.717) is 5.92 Å². The molecule has 0 unspecified atom stereocenters. The summed E-state index contributed by atoms with van der Waals surface area (Å²) in [5, 5.41) is 0. The van der Waals surface area contributed by atoms with Crippen LogP contribution in [0.4, 0.5) is 0 Å². The third-order valence-corrected chi connectivity index (χ3v) is 4.25. The number of esters is 1. The predicted octanol–water partition coefficient (Wildman–Crippen LogP) is 2.15. The van der Waals surface area contributed by atoms with E-state index in [4.69, 9.17) is 4.74 Å². The minimum absolute atomic E-state index is 0.0906. The Morgan fingerprint density at radius 2 is 2.07 bits per heavy atom. The Hall–Kier alpha value is -0.790. The van der Waals surface area contributed by atoms with Crippen LogP contribution in [-0.2, 0) is 9.53 Å². The minimum Gasteiger partial charge on any atom is -0.458 e. The average molecular weight is 192 g/mol. The monoisotopic (exact) mass is 192 g/mol. The van der Waals surface area contributed by atoms with Crippen molar-refractivity contribution in [3.05, 3.63) is 12.2 Å². The van der Waals surface area contributed by atoms with E-state index < -0.39 is 0 Å². The first-order valence-corrected chi connectivity index (χ1v) is 5.61. The molecule has 0 aromatic heterocycles. The Morgan fingerprint density at radius 3 is 2.86 bits per heavy atom. The summed E-state index contributed by atoms with van der Waals surface area (Å²) in [4.78, 5) is 10.9. The van der Waals surface area contributed by atoms with Crippen LogP contribution in [0.2, 0.25) is 0 Å². The van der Waals surface area contributed by atoms with Crippen LogP contribution >= 0.6 is 0 Å². The molecule has 0 radical (unpaired) electrons. The van der Waals surface area contributed by atoms with Crippen LogP contribution in [0.15, 0.2) is 12.2 Å². The molecule has 0 saturated heterocycles. The molecule has 76 valence electrons. The second-order valence-electron chi connectivity index (χ2n) is 4.95. The Kier molecular flexibility index (Phi) is 1.73. The van der Waals surface area contributed by atoms with Crippen molar-refractivity contribution in [3.63, 3.8) is 0 Å². The van der Waals surface area contributed by atoms with Gasteiger partial charge in [0, 0.05) is 12.8 Å². The van der Waals surface area contributed by atoms with Crippen LogP contribution in [0.3, 0.4) is 0 Å². The summed E-state index contributed by atoms with van der Waals surface area (Å²) in [5.74, 6) is 2.92. The fourth-order valence-corrected chi connectivity index (χ4v) is 3.83. The minimum atomic E-state index is -0.136. The molecule has 0 N–H and O–H groups in total. The highest BCUT2D eigenvalue weighted by molar-refractivity contribution is 5.66. The van der Waals surface area contributed by atoms with Crippen LogP contribution in [-0.4, -0.2) is 12.1 Å². The molecule has 14 heavy (non-hydrogen) atoms. The number of hydrogen-bond acceptors (Lipinski definition) is 2. The molecule has 0 heterocycles. The van der Waals surface area contributed by atoms with Gasteiger partial charge in [-0.05, 0) is 43.1 Å². The lowest BCUT2D eigenvalue weighted by molar-refractivity contribution is -0.147. The van der Waals surface area contributed by atoms with Gasteiger partial charge in [0.15, 0.2) is 0 Å².